The molecule has 1 unspecified atom stereocenters. The number of carbonyl (C=O) groups excluding carboxylic acids is 1. The van der Waals surface area contributed by atoms with Gasteiger partial charge in [0.15, 0.2) is 0 Å². The van der Waals surface area contributed by atoms with Crippen LogP contribution in [0.1, 0.15) is 6.92 Å². The number of rotatable bonds is 2. The molecule has 0 radical (unpaired) electrons. The molecule has 0 saturated carbocycles. The fourth-order valence-corrected chi connectivity index (χ4v) is 1.65. The minimum atomic E-state index is -0.224. The van der Waals surface area contributed by atoms with Crippen LogP contribution in [0.15, 0.2) is 0 Å². The molecule has 0 aromatic heterocycles. The van der Waals surface area contributed by atoms with E-state index in [0.29, 0.717) is 6.61 Å². The number of carbonyl (C=O) groups is 1. The van der Waals surface area contributed by atoms with E-state index in [0.717, 1.165) is 45.8 Å². The second kappa shape index (κ2) is 9.35. The summed E-state index contributed by atoms with van der Waals surface area (Å²) in [5.74, 6) is -0.224. The van der Waals surface area contributed by atoms with Crippen molar-refractivity contribution in [3.05, 3.63) is 0 Å². The summed E-state index contributed by atoms with van der Waals surface area (Å²) in [5.41, 5.74) is 0. The summed E-state index contributed by atoms with van der Waals surface area (Å²) in [5, 5.41) is 13.4. The lowest BCUT2D eigenvalue weighted by molar-refractivity contribution is -0.141. The van der Waals surface area contributed by atoms with Gasteiger partial charge in [-0.15, -0.1) is 0 Å². The Labute approximate surface area is 103 Å². The van der Waals surface area contributed by atoms with E-state index in [-0.39, 0.29) is 12.0 Å². The summed E-state index contributed by atoms with van der Waals surface area (Å²) in [4.78, 5) is 10.8. The van der Waals surface area contributed by atoms with Crippen LogP contribution in [0, 0.1) is 0 Å². The third-order valence-corrected chi connectivity index (χ3v) is 2.57. The highest BCUT2D eigenvalue weighted by atomic mass is 16.5. The maximum Gasteiger partial charge on any atom is 0.302 e. The van der Waals surface area contributed by atoms with Crippen LogP contribution in [0.25, 0.3) is 0 Å². The Hall–Kier alpha value is -0.690. The van der Waals surface area contributed by atoms with Crippen molar-refractivity contribution >= 4 is 5.97 Å². The van der Waals surface area contributed by atoms with Gasteiger partial charge in [0.2, 0.25) is 0 Å². The molecule has 0 bridgehead atoms. The average molecular weight is 244 g/mol. The highest BCUT2D eigenvalue weighted by molar-refractivity contribution is 5.65. The lowest BCUT2D eigenvalue weighted by Crippen LogP contribution is -2.47. The van der Waals surface area contributed by atoms with Crippen molar-refractivity contribution in [1.82, 2.24) is 21.3 Å². The molecule has 0 aromatic rings. The zero-order chi connectivity index (χ0) is 12.3. The average Bonchev–Trinajstić information content (AvgIpc) is 2.28. The van der Waals surface area contributed by atoms with Crippen molar-refractivity contribution < 1.29 is 9.53 Å². The van der Waals surface area contributed by atoms with Crippen LogP contribution in [-0.4, -0.2) is 64.4 Å². The van der Waals surface area contributed by atoms with Crippen LogP contribution in [0.5, 0.6) is 0 Å². The summed E-state index contributed by atoms with van der Waals surface area (Å²) in [6.45, 7) is 8.36. The van der Waals surface area contributed by atoms with Gasteiger partial charge in [0.1, 0.15) is 6.61 Å². The fourth-order valence-electron chi connectivity index (χ4n) is 1.65. The van der Waals surface area contributed by atoms with E-state index in [4.69, 9.17) is 4.74 Å². The van der Waals surface area contributed by atoms with Gasteiger partial charge in [-0.05, 0) is 0 Å². The largest absolute Gasteiger partial charge is 0.464 e. The maximum atomic E-state index is 10.8. The summed E-state index contributed by atoms with van der Waals surface area (Å²) in [6, 6.07) is 0.181. The third-order valence-electron chi connectivity index (χ3n) is 2.57. The molecular formula is C11H24N4O2. The monoisotopic (exact) mass is 244 g/mol. The Balaban J connectivity index is 2.24. The molecule has 100 valence electrons. The van der Waals surface area contributed by atoms with Crippen LogP contribution < -0.4 is 21.3 Å². The van der Waals surface area contributed by atoms with Crippen LogP contribution >= 0.6 is 0 Å². The Morgan fingerprint density at radius 2 is 1.65 bits per heavy atom. The van der Waals surface area contributed by atoms with Crippen molar-refractivity contribution in [2.75, 3.05) is 52.4 Å². The normalized spacial score (nSPS) is 24.4. The Morgan fingerprint density at radius 3 is 2.29 bits per heavy atom. The lowest BCUT2D eigenvalue weighted by atomic mass is 10.3. The van der Waals surface area contributed by atoms with E-state index in [9.17, 15) is 4.79 Å². The molecule has 17 heavy (non-hydrogen) atoms. The fraction of sp³-hybridized carbons (Fsp3) is 0.909. The summed E-state index contributed by atoms with van der Waals surface area (Å²) in [6.07, 6.45) is 0. The highest BCUT2D eigenvalue weighted by Crippen LogP contribution is 1.86. The molecule has 6 heteroatoms. The van der Waals surface area contributed by atoms with Crippen molar-refractivity contribution in [2.24, 2.45) is 0 Å². The number of nitrogens with one attached hydrogen (secondary N) is 4. The standard InChI is InChI=1S/C11H24N4O2/c1-10(16)17-9-11-8-14-5-4-12-2-3-13-6-7-15-11/h11-15H,2-9H2,1H3. The van der Waals surface area contributed by atoms with E-state index >= 15 is 0 Å². The summed E-state index contributed by atoms with van der Waals surface area (Å²) < 4.78 is 5.03. The maximum absolute atomic E-state index is 10.8. The summed E-state index contributed by atoms with van der Waals surface area (Å²) in [7, 11) is 0. The van der Waals surface area contributed by atoms with Gasteiger partial charge in [0.25, 0.3) is 0 Å². The minimum absolute atomic E-state index is 0.181. The first-order valence-corrected chi connectivity index (χ1v) is 6.28. The molecule has 1 saturated heterocycles. The molecule has 6 nitrogen and oxygen atoms in total. The van der Waals surface area contributed by atoms with Gasteiger partial charge in [-0.25, -0.2) is 0 Å². The molecule has 0 aromatic carbocycles. The molecule has 4 N–H and O–H groups in total. The molecule has 1 heterocycles. The molecule has 0 aliphatic carbocycles. The molecule has 1 aliphatic rings. The number of hydrogen-bond acceptors (Lipinski definition) is 6. The van der Waals surface area contributed by atoms with E-state index in [1.807, 2.05) is 0 Å². The molecule has 1 fully saturated rings. The van der Waals surface area contributed by atoms with Gasteiger partial charge in [-0.3, -0.25) is 4.79 Å². The van der Waals surface area contributed by atoms with Crippen molar-refractivity contribution in [1.29, 1.82) is 0 Å². The Morgan fingerprint density at radius 1 is 1.06 bits per heavy atom. The van der Waals surface area contributed by atoms with Gasteiger partial charge < -0.3 is 26.0 Å². The van der Waals surface area contributed by atoms with Gasteiger partial charge in [0.05, 0.1) is 6.04 Å². The third kappa shape index (κ3) is 8.09. The van der Waals surface area contributed by atoms with Gasteiger partial charge >= 0.3 is 5.97 Å². The predicted molar refractivity (Wildman–Crippen MR) is 67.0 cm³/mol. The minimum Gasteiger partial charge on any atom is -0.464 e. The zero-order valence-electron chi connectivity index (χ0n) is 10.6. The van der Waals surface area contributed by atoms with Crippen molar-refractivity contribution in [3.8, 4) is 0 Å². The SMILES string of the molecule is CC(=O)OCC1CNCCNCCNCCN1. The second-order valence-electron chi connectivity index (χ2n) is 4.16. The second-order valence-corrected chi connectivity index (χ2v) is 4.16. The molecule has 1 aliphatic heterocycles. The van der Waals surface area contributed by atoms with Gasteiger partial charge in [0, 0.05) is 52.7 Å². The Bertz CT molecular complexity index is 202. The quantitative estimate of drug-likeness (QED) is 0.434. The van der Waals surface area contributed by atoms with Crippen molar-refractivity contribution in [3.63, 3.8) is 0 Å². The number of hydrogen-bond donors (Lipinski definition) is 4. The van der Waals surface area contributed by atoms with Crippen LogP contribution in [0.2, 0.25) is 0 Å². The molecule has 1 atom stereocenters. The molecule has 0 spiro atoms. The van der Waals surface area contributed by atoms with E-state index in [1.54, 1.807) is 0 Å². The summed E-state index contributed by atoms with van der Waals surface area (Å²) >= 11 is 0. The molecule has 0 amide bonds. The first-order chi connectivity index (χ1) is 8.29. The zero-order valence-corrected chi connectivity index (χ0v) is 10.6. The van der Waals surface area contributed by atoms with E-state index < -0.39 is 0 Å². The highest BCUT2D eigenvalue weighted by Gasteiger charge is 2.09. The van der Waals surface area contributed by atoms with Gasteiger partial charge in [-0.1, -0.05) is 0 Å². The van der Waals surface area contributed by atoms with E-state index in [1.165, 1.54) is 6.92 Å². The number of esters is 1. The molecular weight excluding hydrogens is 220 g/mol. The molecule has 1 rings (SSSR count). The lowest BCUT2D eigenvalue weighted by Gasteiger charge is -2.20. The van der Waals surface area contributed by atoms with Crippen LogP contribution in [0.4, 0.5) is 0 Å². The first-order valence-electron chi connectivity index (χ1n) is 6.28. The van der Waals surface area contributed by atoms with Gasteiger partial charge in [-0.2, -0.15) is 0 Å². The van der Waals surface area contributed by atoms with Crippen LogP contribution in [-0.2, 0) is 9.53 Å². The number of ether oxygens (including phenoxy) is 1. The van der Waals surface area contributed by atoms with E-state index in [2.05, 4.69) is 21.3 Å². The smallest absolute Gasteiger partial charge is 0.302 e. The Kier molecular flexibility index (Phi) is 7.91. The topological polar surface area (TPSA) is 74.4 Å². The first kappa shape index (κ1) is 14.4. The van der Waals surface area contributed by atoms with Crippen LogP contribution in [0.3, 0.4) is 0 Å². The predicted octanol–water partition coefficient (Wildman–Crippen LogP) is -1.71. The van der Waals surface area contributed by atoms with Crippen molar-refractivity contribution in [2.45, 2.75) is 13.0 Å².